The molecule has 3 rings (SSSR count). The fourth-order valence-corrected chi connectivity index (χ4v) is 4.09. The highest BCUT2D eigenvalue weighted by molar-refractivity contribution is 7.07. The standard InChI is InChI=1S/C23H19N3OS/c1-4-17-6-8-18(9-7-17)12-21-22(27)26(23(28-21)19(13-24)14-25)20-10-5-15(2)11-16(20)3/h5-12H,4H2,1-3H3/b21-12-. The average molecular weight is 385 g/mol. The van der Waals surface area contributed by atoms with Crippen LogP contribution in [0.5, 0.6) is 0 Å². The highest BCUT2D eigenvalue weighted by Crippen LogP contribution is 2.13. The number of aromatic nitrogens is 1. The lowest BCUT2D eigenvalue weighted by molar-refractivity contribution is 0.973. The van der Waals surface area contributed by atoms with Crippen molar-refractivity contribution in [2.75, 3.05) is 0 Å². The number of aryl methyl sites for hydroxylation is 3. The minimum Gasteiger partial charge on any atom is -0.267 e. The summed E-state index contributed by atoms with van der Waals surface area (Å²) in [6.45, 7) is 5.99. The lowest BCUT2D eigenvalue weighted by Crippen LogP contribution is -2.31. The molecule has 0 amide bonds. The van der Waals surface area contributed by atoms with Gasteiger partial charge in [0.2, 0.25) is 0 Å². The minimum atomic E-state index is -0.227. The normalized spacial score (nSPS) is 11.1. The summed E-state index contributed by atoms with van der Waals surface area (Å²) in [4.78, 5) is 13.2. The molecule has 5 heteroatoms. The highest BCUT2D eigenvalue weighted by Gasteiger charge is 2.13. The van der Waals surface area contributed by atoms with Crippen molar-refractivity contribution in [1.82, 2.24) is 4.57 Å². The molecule has 0 atom stereocenters. The van der Waals surface area contributed by atoms with Crippen molar-refractivity contribution in [3.63, 3.8) is 0 Å². The van der Waals surface area contributed by atoms with Gasteiger partial charge in [0.25, 0.3) is 5.56 Å². The largest absolute Gasteiger partial charge is 0.273 e. The van der Waals surface area contributed by atoms with Gasteiger partial charge in [0.05, 0.1) is 10.2 Å². The van der Waals surface area contributed by atoms with Crippen molar-refractivity contribution in [3.8, 4) is 17.8 Å². The molecule has 28 heavy (non-hydrogen) atoms. The molecule has 0 radical (unpaired) electrons. The lowest BCUT2D eigenvalue weighted by atomic mass is 10.1. The van der Waals surface area contributed by atoms with Gasteiger partial charge in [-0.1, -0.05) is 48.9 Å². The zero-order chi connectivity index (χ0) is 20.3. The first-order valence-corrected chi connectivity index (χ1v) is 9.74. The Hall–Kier alpha value is -3.41. The van der Waals surface area contributed by atoms with E-state index in [1.165, 1.54) is 21.5 Å². The maximum Gasteiger partial charge on any atom is 0.273 e. The first kappa shape index (κ1) is 19.4. The van der Waals surface area contributed by atoms with Crippen LogP contribution in [0.4, 0.5) is 0 Å². The Morgan fingerprint density at radius 3 is 2.36 bits per heavy atom. The fourth-order valence-electron chi connectivity index (χ4n) is 3.05. The second-order valence-electron chi connectivity index (χ2n) is 6.54. The van der Waals surface area contributed by atoms with Crippen LogP contribution in [0.2, 0.25) is 0 Å². The lowest BCUT2D eigenvalue weighted by Gasteiger charge is -2.07. The number of benzene rings is 2. The van der Waals surface area contributed by atoms with Crippen LogP contribution in [0.15, 0.2) is 47.3 Å². The maximum atomic E-state index is 13.2. The van der Waals surface area contributed by atoms with Crippen molar-refractivity contribution in [2.45, 2.75) is 27.2 Å². The van der Waals surface area contributed by atoms with Crippen molar-refractivity contribution in [1.29, 1.82) is 10.5 Å². The molecule has 1 heterocycles. The van der Waals surface area contributed by atoms with Gasteiger partial charge in [-0.15, -0.1) is 11.3 Å². The van der Waals surface area contributed by atoms with E-state index >= 15 is 0 Å². The van der Waals surface area contributed by atoms with Gasteiger partial charge in [-0.3, -0.25) is 9.36 Å². The van der Waals surface area contributed by atoms with Gasteiger partial charge in [0, 0.05) is 0 Å². The third-order valence-corrected chi connectivity index (χ3v) is 5.63. The molecule has 0 aliphatic carbocycles. The number of hydrogen-bond donors (Lipinski definition) is 0. The molecule has 0 aliphatic heterocycles. The Morgan fingerprint density at radius 1 is 1.11 bits per heavy atom. The van der Waals surface area contributed by atoms with Crippen molar-refractivity contribution < 1.29 is 0 Å². The van der Waals surface area contributed by atoms with Gasteiger partial charge in [-0.05, 0) is 49.1 Å². The predicted octanol–water partition coefficient (Wildman–Crippen LogP) is 3.10. The van der Waals surface area contributed by atoms with E-state index in [0.29, 0.717) is 14.9 Å². The number of nitrogens with zero attached hydrogens (tertiary/aromatic N) is 3. The number of hydrogen-bond acceptors (Lipinski definition) is 4. The Labute approximate surface area is 167 Å². The Balaban J connectivity index is 2.35. The number of thiazole rings is 1. The summed E-state index contributed by atoms with van der Waals surface area (Å²) in [5.74, 6) is 0. The van der Waals surface area contributed by atoms with Gasteiger partial charge >= 0.3 is 0 Å². The van der Waals surface area contributed by atoms with Crippen LogP contribution in [0.3, 0.4) is 0 Å². The van der Waals surface area contributed by atoms with E-state index in [9.17, 15) is 15.3 Å². The van der Waals surface area contributed by atoms with Crippen molar-refractivity contribution >= 4 is 23.0 Å². The summed E-state index contributed by atoms with van der Waals surface area (Å²) in [5, 5.41) is 18.8. The Kier molecular flexibility index (Phi) is 5.59. The van der Waals surface area contributed by atoms with E-state index in [4.69, 9.17) is 0 Å². The smallest absolute Gasteiger partial charge is 0.267 e. The maximum absolute atomic E-state index is 13.2. The van der Waals surface area contributed by atoms with Gasteiger partial charge in [0.1, 0.15) is 16.8 Å². The van der Waals surface area contributed by atoms with Gasteiger partial charge in [-0.25, -0.2) is 0 Å². The third kappa shape index (κ3) is 3.67. The van der Waals surface area contributed by atoms with Crippen molar-refractivity contribution in [3.05, 3.63) is 84.3 Å². The molecule has 0 fully saturated rings. The summed E-state index contributed by atoms with van der Waals surface area (Å²) < 4.78 is 2.33. The number of nitriles is 2. The third-order valence-electron chi connectivity index (χ3n) is 4.54. The summed E-state index contributed by atoms with van der Waals surface area (Å²) >= 11 is 1.17. The molecule has 4 nitrogen and oxygen atoms in total. The van der Waals surface area contributed by atoms with Crippen LogP contribution in [-0.2, 0) is 6.42 Å². The molecule has 0 aliphatic rings. The molecule has 3 aromatic rings. The Morgan fingerprint density at radius 2 is 1.79 bits per heavy atom. The summed E-state index contributed by atoms with van der Waals surface area (Å²) in [5.41, 5.74) is 4.52. The zero-order valence-corrected chi connectivity index (χ0v) is 16.8. The van der Waals surface area contributed by atoms with E-state index in [-0.39, 0.29) is 11.1 Å². The highest BCUT2D eigenvalue weighted by atomic mass is 32.1. The average Bonchev–Trinajstić information content (AvgIpc) is 3.00. The van der Waals surface area contributed by atoms with Crippen LogP contribution in [0.1, 0.15) is 29.2 Å². The second kappa shape index (κ2) is 8.08. The first-order chi connectivity index (χ1) is 13.5. The molecule has 138 valence electrons. The summed E-state index contributed by atoms with van der Waals surface area (Å²) in [7, 11) is 0. The SMILES string of the molecule is CCc1ccc(/C=c2\sc(=C(C#N)C#N)n(-c3ccc(C)cc3C)c2=O)cc1. The molecule has 1 aromatic heterocycles. The molecule has 0 unspecified atom stereocenters. The molecule has 2 aromatic carbocycles. The fraction of sp³-hybridized carbons (Fsp3) is 0.174. The quantitative estimate of drug-likeness (QED) is 0.696. The van der Waals surface area contributed by atoms with Crippen molar-refractivity contribution in [2.24, 2.45) is 0 Å². The molecule has 0 spiro atoms. The summed E-state index contributed by atoms with van der Waals surface area (Å²) in [6.07, 6.45) is 2.76. The topological polar surface area (TPSA) is 69.6 Å². The second-order valence-corrected chi connectivity index (χ2v) is 7.57. The van der Waals surface area contributed by atoms with Crippen LogP contribution in [0.25, 0.3) is 17.3 Å². The first-order valence-electron chi connectivity index (χ1n) is 8.93. The molecule has 0 saturated heterocycles. The van der Waals surface area contributed by atoms with Crippen LogP contribution < -0.4 is 14.8 Å². The van der Waals surface area contributed by atoms with Crippen LogP contribution >= 0.6 is 11.3 Å². The minimum absolute atomic E-state index is 0.0666. The van der Waals surface area contributed by atoms with Gasteiger partial charge in [-0.2, -0.15) is 10.5 Å². The van der Waals surface area contributed by atoms with E-state index < -0.39 is 0 Å². The van der Waals surface area contributed by atoms with Crippen LogP contribution in [-0.4, -0.2) is 4.57 Å². The van der Waals surface area contributed by atoms with Gasteiger partial charge < -0.3 is 0 Å². The molecular formula is C23H19N3OS. The Bertz CT molecular complexity index is 1280. The van der Waals surface area contributed by atoms with E-state index in [1.54, 1.807) is 0 Å². The zero-order valence-electron chi connectivity index (χ0n) is 16.0. The number of rotatable bonds is 3. The molecule has 0 saturated carbocycles. The molecule has 0 N–H and O–H groups in total. The summed E-state index contributed by atoms with van der Waals surface area (Å²) in [6, 6.07) is 17.6. The monoisotopic (exact) mass is 385 g/mol. The van der Waals surface area contributed by atoms with E-state index in [2.05, 4.69) is 6.92 Å². The molecular weight excluding hydrogens is 366 g/mol. The molecule has 0 bridgehead atoms. The van der Waals surface area contributed by atoms with Gasteiger partial charge in [0.15, 0.2) is 5.57 Å². The van der Waals surface area contributed by atoms with Crippen LogP contribution in [0, 0.1) is 36.5 Å². The van der Waals surface area contributed by atoms with E-state index in [1.807, 2.05) is 74.5 Å². The predicted molar refractivity (Wildman–Crippen MR) is 113 cm³/mol. The van der Waals surface area contributed by atoms with E-state index in [0.717, 1.165) is 23.1 Å².